The molecule has 15 heavy (non-hydrogen) atoms. The predicted octanol–water partition coefficient (Wildman–Crippen LogP) is 1.71. The lowest BCUT2D eigenvalue weighted by molar-refractivity contribution is -0.124. The number of hydrogen-bond donors (Lipinski definition) is 0. The fraction of sp³-hybridized carbons (Fsp3) is 0.917. The molecule has 3 nitrogen and oxygen atoms in total. The van der Waals surface area contributed by atoms with Crippen LogP contribution >= 0.6 is 0 Å². The number of ketones is 1. The minimum absolute atomic E-state index is 0.200. The molecule has 0 aromatic carbocycles. The Morgan fingerprint density at radius 3 is 2.60 bits per heavy atom. The van der Waals surface area contributed by atoms with Crippen molar-refractivity contribution >= 4 is 5.78 Å². The van der Waals surface area contributed by atoms with Crippen LogP contribution in [0.25, 0.3) is 0 Å². The average Bonchev–Trinajstić information content (AvgIpc) is 2.22. The second-order valence-electron chi connectivity index (χ2n) is 4.48. The van der Waals surface area contributed by atoms with Crippen molar-refractivity contribution in [2.24, 2.45) is 5.92 Å². The number of carbonyl (C=O) groups excluding carboxylic acids is 1. The molecule has 1 aliphatic rings. The smallest absolute Gasteiger partial charge is 0.172 e. The van der Waals surface area contributed by atoms with Gasteiger partial charge in [-0.15, -0.1) is 0 Å². The zero-order valence-electron chi connectivity index (χ0n) is 10.00. The first-order valence-electron chi connectivity index (χ1n) is 5.99. The van der Waals surface area contributed by atoms with E-state index in [0.717, 1.165) is 19.0 Å². The van der Waals surface area contributed by atoms with E-state index in [1.54, 1.807) is 7.11 Å². The van der Waals surface area contributed by atoms with Crippen molar-refractivity contribution in [1.29, 1.82) is 0 Å². The van der Waals surface area contributed by atoms with Crippen LogP contribution in [0.5, 0.6) is 0 Å². The van der Waals surface area contributed by atoms with Crippen molar-refractivity contribution in [2.75, 3.05) is 33.4 Å². The molecule has 88 valence electrons. The van der Waals surface area contributed by atoms with Crippen LogP contribution in [0, 0.1) is 5.92 Å². The van der Waals surface area contributed by atoms with E-state index in [9.17, 15) is 4.79 Å². The van der Waals surface area contributed by atoms with E-state index >= 15 is 0 Å². The lowest BCUT2D eigenvalue weighted by Gasteiger charge is -2.31. The van der Waals surface area contributed by atoms with Gasteiger partial charge >= 0.3 is 0 Å². The van der Waals surface area contributed by atoms with Crippen molar-refractivity contribution in [3.05, 3.63) is 0 Å². The molecule has 0 unspecified atom stereocenters. The van der Waals surface area contributed by atoms with Crippen LogP contribution in [-0.4, -0.2) is 44.0 Å². The third-order valence-electron chi connectivity index (χ3n) is 3.11. The minimum Gasteiger partial charge on any atom is -0.377 e. The Hall–Kier alpha value is -0.410. The fourth-order valence-electron chi connectivity index (χ4n) is 2.30. The highest BCUT2D eigenvalue weighted by atomic mass is 16.5. The van der Waals surface area contributed by atoms with Crippen LogP contribution in [0.3, 0.4) is 0 Å². The molecule has 1 aliphatic heterocycles. The number of ether oxygens (including phenoxy) is 1. The maximum atomic E-state index is 11.4. The number of Topliss-reactive ketones (excluding diaryl/α,β-unsaturated/α-hetero) is 1. The molecule has 1 saturated heterocycles. The van der Waals surface area contributed by atoms with E-state index < -0.39 is 0 Å². The number of rotatable bonds is 6. The fourth-order valence-corrected chi connectivity index (χ4v) is 2.30. The van der Waals surface area contributed by atoms with E-state index in [-0.39, 0.29) is 12.4 Å². The van der Waals surface area contributed by atoms with Gasteiger partial charge in [-0.2, -0.15) is 0 Å². The summed E-state index contributed by atoms with van der Waals surface area (Å²) in [5.74, 6) is 1.09. The van der Waals surface area contributed by atoms with Crippen molar-refractivity contribution in [2.45, 2.75) is 32.6 Å². The largest absolute Gasteiger partial charge is 0.377 e. The lowest BCUT2D eigenvalue weighted by Crippen LogP contribution is -2.38. The summed E-state index contributed by atoms with van der Waals surface area (Å²) >= 11 is 0. The summed E-state index contributed by atoms with van der Waals surface area (Å²) in [5.41, 5.74) is 0. The summed E-state index contributed by atoms with van der Waals surface area (Å²) in [6.45, 7) is 5.25. The molecule has 0 N–H and O–H groups in total. The monoisotopic (exact) mass is 213 g/mol. The SMILES string of the molecule is CCCC1CCN(CC(=O)COC)CC1. The van der Waals surface area contributed by atoms with Crippen LogP contribution < -0.4 is 0 Å². The van der Waals surface area contributed by atoms with E-state index in [2.05, 4.69) is 11.8 Å². The molecule has 0 spiro atoms. The molecule has 1 fully saturated rings. The normalized spacial score (nSPS) is 19.3. The van der Waals surface area contributed by atoms with Crippen molar-refractivity contribution in [3.63, 3.8) is 0 Å². The number of methoxy groups -OCH3 is 1. The highest BCUT2D eigenvalue weighted by Crippen LogP contribution is 2.21. The van der Waals surface area contributed by atoms with E-state index in [0.29, 0.717) is 6.54 Å². The predicted molar refractivity (Wildman–Crippen MR) is 61.0 cm³/mol. The van der Waals surface area contributed by atoms with Crippen molar-refractivity contribution in [3.8, 4) is 0 Å². The van der Waals surface area contributed by atoms with Crippen LogP contribution in [0.2, 0.25) is 0 Å². The maximum absolute atomic E-state index is 11.4. The molecule has 0 saturated carbocycles. The second-order valence-corrected chi connectivity index (χ2v) is 4.48. The lowest BCUT2D eigenvalue weighted by atomic mass is 9.92. The molecule has 3 heteroatoms. The van der Waals surface area contributed by atoms with Gasteiger partial charge in [-0.25, -0.2) is 0 Å². The number of piperidine rings is 1. The van der Waals surface area contributed by atoms with Crippen LogP contribution in [-0.2, 0) is 9.53 Å². The van der Waals surface area contributed by atoms with E-state index in [1.807, 2.05) is 0 Å². The van der Waals surface area contributed by atoms with Crippen LogP contribution in [0.15, 0.2) is 0 Å². The zero-order valence-corrected chi connectivity index (χ0v) is 10.00. The van der Waals surface area contributed by atoms with Gasteiger partial charge in [0.15, 0.2) is 5.78 Å². The first-order valence-corrected chi connectivity index (χ1v) is 5.99. The molecule has 0 atom stereocenters. The quantitative estimate of drug-likeness (QED) is 0.673. The van der Waals surface area contributed by atoms with Gasteiger partial charge in [0, 0.05) is 7.11 Å². The summed E-state index contributed by atoms with van der Waals surface area (Å²) in [4.78, 5) is 13.6. The third-order valence-corrected chi connectivity index (χ3v) is 3.11. The molecule has 0 radical (unpaired) electrons. The molecule has 1 rings (SSSR count). The molecule has 0 amide bonds. The van der Waals surface area contributed by atoms with Crippen LogP contribution in [0.1, 0.15) is 32.6 Å². The first-order chi connectivity index (χ1) is 7.26. The summed E-state index contributed by atoms with van der Waals surface area (Å²) in [5, 5.41) is 0. The Morgan fingerprint density at radius 2 is 2.07 bits per heavy atom. The van der Waals surface area contributed by atoms with E-state index in [1.165, 1.54) is 25.7 Å². The average molecular weight is 213 g/mol. The topological polar surface area (TPSA) is 29.5 Å². The first kappa shape index (κ1) is 12.7. The zero-order chi connectivity index (χ0) is 11.1. The molecule has 0 bridgehead atoms. The van der Waals surface area contributed by atoms with Gasteiger partial charge in [-0.1, -0.05) is 19.8 Å². The van der Waals surface area contributed by atoms with Crippen molar-refractivity contribution < 1.29 is 9.53 Å². The standard InChI is InChI=1S/C12H23NO2/c1-3-4-11-5-7-13(8-6-11)9-12(14)10-15-2/h11H,3-10H2,1-2H3. The van der Waals surface area contributed by atoms with Gasteiger partial charge in [0.25, 0.3) is 0 Å². The Labute approximate surface area is 92.8 Å². The van der Waals surface area contributed by atoms with Gasteiger partial charge in [0.05, 0.1) is 6.54 Å². The Kier molecular flexibility index (Phi) is 5.88. The molecular formula is C12H23NO2. The minimum atomic E-state index is 0.200. The van der Waals surface area contributed by atoms with Gasteiger partial charge in [0.1, 0.15) is 6.61 Å². The molecule has 1 heterocycles. The number of hydrogen-bond acceptors (Lipinski definition) is 3. The third kappa shape index (κ3) is 4.76. The van der Waals surface area contributed by atoms with Gasteiger partial charge in [-0.05, 0) is 31.8 Å². The van der Waals surface area contributed by atoms with Gasteiger partial charge in [0.2, 0.25) is 0 Å². The second kappa shape index (κ2) is 6.96. The number of likely N-dealkylation sites (tertiary alicyclic amines) is 1. The highest BCUT2D eigenvalue weighted by molar-refractivity contribution is 5.81. The maximum Gasteiger partial charge on any atom is 0.172 e. The number of carbonyl (C=O) groups is 1. The van der Waals surface area contributed by atoms with E-state index in [4.69, 9.17) is 4.74 Å². The Balaban J connectivity index is 2.16. The van der Waals surface area contributed by atoms with Gasteiger partial charge in [-0.3, -0.25) is 9.69 Å². The number of nitrogens with zero attached hydrogens (tertiary/aromatic N) is 1. The molecule has 0 aliphatic carbocycles. The van der Waals surface area contributed by atoms with Gasteiger partial charge < -0.3 is 4.74 Å². The molecule has 0 aromatic heterocycles. The summed E-state index contributed by atoms with van der Waals surface area (Å²) in [7, 11) is 1.57. The summed E-state index contributed by atoms with van der Waals surface area (Å²) < 4.78 is 4.83. The Bertz CT molecular complexity index is 186. The highest BCUT2D eigenvalue weighted by Gasteiger charge is 2.19. The summed E-state index contributed by atoms with van der Waals surface area (Å²) in [6.07, 6.45) is 5.15. The Morgan fingerprint density at radius 1 is 1.40 bits per heavy atom. The van der Waals surface area contributed by atoms with Crippen molar-refractivity contribution in [1.82, 2.24) is 4.90 Å². The summed E-state index contributed by atoms with van der Waals surface area (Å²) in [6, 6.07) is 0. The molecular weight excluding hydrogens is 190 g/mol. The molecule has 0 aromatic rings. The van der Waals surface area contributed by atoms with Crippen LogP contribution in [0.4, 0.5) is 0 Å².